The van der Waals surface area contributed by atoms with Gasteiger partial charge in [-0.2, -0.15) is 0 Å². The lowest BCUT2D eigenvalue weighted by Crippen LogP contribution is -2.57. The van der Waals surface area contributed by atoms with Crippen LogP contribution in [0.3, 0.4) is 0 Å². The Balaban J connectivity index is 1.12. The van der Waals surface area contributed by atoms with Crippen molar-refractivity contribution in [2.24, 2.45) is 10.9 Å². The second kappa shape index (κ2) is 9.84. The Morgan fingerprint density at radius 1 is 0.974 bits per heavy atom. The minimum atomic E-state index is -0.743. The van der Waals surface area contributed by atoms with E-state index < -0.39 is 5.54 Å². The zero-order valence-electron chi connectivity index (χ0n) is 21.9. The van der Waals surface area contributed by atoms with E-state index in [2.05, 4.69) is 53.5 Å². The highest BCUT2D eigenvalue weighted by Crippen LogP contribution is 2.36. The highest BCUT2D eigenvalue weighted by atomic mass is 16.5. The molecule has 1 atom stereocenters. The monoisotopic (exact) mass is 524 g/mol. The molecule has 8 nitrogen and oxygen atoms in total. The van der Waals surface area contributed by atoms with Crippen LogP contribution in [0.1, 0.15) is 31.2 Å². The molecule has 200 valence electrons. The second-order valence-electron chi connectivity index (χ2n) is 11.1. The van der Waals surface area contributed by atoms with Crippen molar-refractivity contribution in [3.63, 3.8) is 0 Å². The van der Waals surface area contributed by atoms with Crippen molar-refractivity contribution < 1.29 is 19.1 Å². The van der Waals surface area contributed by atoms with E-state index in [1.807, 2.05) is 22.1 Å². The van der Waals surface area contributed by atoms with Crippen LogP contribution in [0.25, 0.3) is 22.0 Å². The molecular weight excluding hydrogens is 492 g/mol. The van der Waals surface area contributed by atoms with Gasteiger partial charge >= 0.3 is 0 Å². The van der Waals surface area contributed by atoms with Crippen molar-refractivity contribution in [2.75, 3.05) is 39.5 Å². The molecule has 3 saturated heterocycles. The van der Waals surface area contributed by atoms with Crippen LogP contribution in [0.4, 0.5) is 0 Å². The number of fused-ring (bicyclic) bond motifs is 1. The normalized spacial score (nSPS) is 22.9. The van der Waals surface area contributed by atoms with Crippen LogP contribution in [0.2, 0.25) is 0 Å². The number of likely N-dealkylation sites (tertiary alicyclic amines) is 1. The summed E-state index contributed by atoms with van der Waals surface area (Å²) in [6.07, 6.45) is 4.46. The van der Waals surface area contributed by atoms with Gasteiger partial charge in [0.1, 0.15) is 17.5 Å². The molecular formula is C31H32N4O4. The number of nitrogens with zero attached hydrogens (tertiary/aromatic N) is 4. The molecule has 0 N–H and O–H groups in total. The summed E-state index contributed by atoms with van der Waals surface area (Å²) in [5, 5.41) is 1.11. The lowest BCUT2D eigenvalue weighted by molar-refractivity contribution is -0.148. The summed E-state index contributed by atoms with van der Waals surface area (Å²) >= 11 is 0. The first-order valence-corrected chi connectivity index (χ1v) is 14.0. The number of hydrogen-bond acceptors (Lipinski definition) is 6. The molecule has 3 aromatic rings. The van der Waals surface area contributed by atoms with E-state index >= 15 is 0 Å². The van der Waals surface area contributed by atoms with E-state index in [-0.39, 0.29) is 23.8 Å². The van der Waals surface area contributed by atoms with Gasteiger partial charge in [0.25, 0.3) is 11.8 Å². The molecule has 1 aromatic heterocycles. The number of ether oxygens (including phenoxy) is 2. The van der Waals surface area contributed by atoms with E-state index in [0.717, 1.165) is 46.3 Å². The van der Waals surface area contributed by atoms with Crippen molar-refractivity contribution in [1.29, 1.82) is 0 Å². The summed E-state index contributed by atoms with van der Waals surface area (Å²) in [6.45, 7) is 3.62. The van der Waals surface area contributed by atoms with Gasteiger partial charge in [-0.1, -0.05) is 42.5 Å². The summed E-state index contributed by atoms with van der Waals surface area (Å²) < 4.78 is 11.2. The van der Waals surface area contributed by atoms with Gasteiger partial charge in [0.05, 0.1) is 5.52 Å². The molecule has 3 fully saturated rings. The van der Waals surface area contributed by atoms with Crippen molar-refractivity contribution in [3.8, 4) is 11.1 Å². The van der Waals surface area contributed by atoms with E-state index in [0.29, 0.717) is 52.3 Å². The second-order valence-corrected chi connectivity index (χ2v) is 11.1. The number of amidine groups is 1. The highest BCUT2D eigenvalue weighted by Gasteiger charge is 2.50. The Kier molecular flexibility index (Phi) is 6.16. The first-order valence-electron chi connectivity index (χ1n) is 14.0. The Labute approximate surface area is 227 Å². The molecule has 0 radical (unpaired) electrons. The minimum absolute atomic E-state index is 0.0642. The third-order valence-corrected chi connectivity index (χ3v) is 8.54. The van der Waals surface area contributed by atoms with Gasteiger partial charge in [-0.25, -0.2) is 0 Å². The molecule has 0 bridgehead atoms. The van der Waals surface area contributed by atoms with Crippen LogP contribution in [-0.2, 0) is 19.1 Å². The fraction of sp³-hybridized carbons (Fsp3) is 0.419. The highest BCUT2D eigenvalue weighted by molar-refractivity contribution is 6.15. The quantitative estimate of drug-likeness (QED) is 0.509. The Morgan fingerprint density at radius 3 is 2.51 bits per heavy atom. The minimum Gasteiger partial charge on any atom is -0.381 e. The molecule has 2 aromatic carbocycles. The van der Waals surface area contributed by atoms with Gasteiger partial charge in [0.2, 0.25) is 0 Å². The van der Waals surface area contributed by atoms with Crippen molar-refractivity contribution in [3.05, 3.63) is 66.4 Å². The Morgan fingerprint density at radius 2 is 1.74 bits per heavy atom. The van der Waals surface area contributed by atoms with E-state index in [1.54, 1.807) is 0 Å². The molecule has 1 spiro atoms. The van der Waals surface area contributed by atoms with Crippen LogP contribution in [-0.4, -0.2) is 83.5 Å². The number of hydrogen-bond donors (Lipinski definition) is 0. The van der Waals surface area contributed by atoms with Gasteiger partial charge in [-0.05, 0) is 36.1 Å². The number of pyridine rings is 1. The number of aromatic nitrogens is 1. The SMILES string of the molecule is O=C(C1CCCO1)N1CC(CN2C(=O)C3(CCOCC3)N=C2c2ccc(-c3ccc4cccnc4c3)cc2)C1. The van der Waals surface area contributed by atoms with Crippen LogP contribution < -0.4 is 0 Å². The zero-order valence-corrected chi connectivity index (χ0v) is 21.9. The van der Waals surface area contributed by atoms with Gasteiger partial charge < -0.3 is 14.4 Å². The standard InChI is InChI=1S/C31H32N4O4/c36-29(27-4-2-14-39-27)34-18-21(19-34)20-35-28(33-31(30(35)37)11-15-38-16-12-31)24-8-5-22(6-9-24)25-10-7-23-3-1-13-32-26(23)17-25/h1,3,5-10,13,17,21,27H,2,4,11-12,14-16,18-20H2. The number of amides is 2. The lowest BCUT2D eigenvalue weighted by atomic mass is 9.90. The molecule has 0 saturated carbocycles. The average molecular weight is 525 g/mol. The predicted molar refractivity (Wildman–Crippen MR) is 147 cm³/mol. The number of aliphatic imine (C=N–C) groups is 1. The molecule has 4 aliphatic heterocycles. The maximum atomic E-state index is 13.8. The Hall–Kier alpha value is -3.62. The molecule has 0 aliphatic carbocycles. The topological polar surface area (TPSA) is 84.3 Å². The average Bonchev–Trinajstić information content (AvgIpc) is 3.59. The third kappa shape index (κ3) is 4.41. The number of benzene rings is 2. The summed E-state index contributed by atoms with van der Waals surface area (Å²) in [4.78, 5) is 39.8. The number of carbonyl (C=O) groups is 2. The third-order valence-electron chi connectivity index (χ3n) is 8.54. The number of carbonyl (C=O) groups excluding carboxylic acids is 2. The summed E-state index contributed by atoms with van der Waals surface area (Å²) in [5.41, 5.74) is 3.34. The van der Waals surface area contributed by atoms with E-state index in [4.69, 9.17) is 14.5 Å². The van der Waals surface area contributed by atoms with Crippen molar-refractivity contribution in [2.45, 2.75) is 37.3 Å². The molecule has 7 rings (SSSR count). The molecule has 2 amide bonds. The van der Waals surface area contributed by atoms with Crippen LogP contribution in [0.5, 0.6) is 0 Å². The van der Waals surface area contributed by atoms with E-state index in [9.17, 15) is 9.59 Å². The maximum Gasteiger partial charge on any atom is 0.256 e. The summed E-state index contributed by atoms with van der Waals surface area (Å²) in [6, 6.07) is 18.6. The largest absolute Gasteiger partial charge is 0.381 e. The lowest BCUT2D eigenvalue weighted by Gasteiger charge is -2.42. The molecule has 1 unspecified atom stereocenters. The fourth-order valence-corrected chi connectivity index (χ4v) is 6.24. The molecule has 39 heavy (non-hydrogen) atoms. The maximum absolute atomic E-state index is 13.8. The first-order chi connectivity index (χ1) is 19.1. The van der Waals surface area contributed by atoms with Crippen molar-refractivity contribution >= 4 is 28.6 Å². The van der Waals surface area contributed by atoms with Crippen LogP contribution >= 0.6 is 0 Å². The van der Waals surface area contributed by atoms with Gasteiger partial charge in [-0.3, -0.25) is 24.5 Å². The molecule has 4 aliphatic rings. The van der Waals surface area contributed by atoms with Crippen molar-refractivity contribution in [1.82, 2.24) is 14.8 Å². The van der Waals surface area contributed by atoms with Gasteiger partial charge in [0, 0.05) is 75.4 Å². The number of rotatable bonds is 5. The van der Waals surface area contributed by atoms with Gasteiger partial charge in [0.15, 0.2) is 0 Å². The smallest absolute Gasteiger partial charge is 0.256 e. The molecule has 5 heterocycles. The van der Waals surface area contributed by atoms with Crippen LogP contribution in [0.15, 0.2) is 65.8 Å². The predicted octanol–water partition coefficient (Wildman–Crippen LogP) is 3.68. The van der Waals surface area contributed by atoms with Gasteiger partial charge in [-0.15, -0.1) is 0 Å². The summed E-state index contributed by atoms with van der Waals surface area (Å²) in [5.74, 6) is 1.11. The molecule has 8 heteroatoms. The van der Waals surface area contributed by atoms with Crippen LogP contribution in [0, 0.1) is 5.92 Å². The Bertz CT molecular complexity index is 1430. The first kappa shape index (κ1) is 24.4. The zero-order chi connectivity index (χ0) is 26.4. The van der Waals surface area contributed by atoms with E-state index in [1.165, 1.54) is 0 Å². The fourth-order valence-electron chi connectivity index (χ4n) is 6.24. The summed E-state index contributed by atoms with van der Waals surface area (Å²) in [7, 11) is 0.